The molecule has 2 unspecified atom stereocenters. The molecule has 162 valence electrons. The molecule has 0 radical (unpaired) electrons. The standard InChI is InChI=1S/C24H33N3O3/c1-18-8-7-11-21(14-18)30-17-20(28)15-26-24(2,3)13-12-22-25-16-23(29)27(22)19-9-5-4-6-10-19/h4-11,14,20,22,25-26,28H,12-13,15-17H2,1-3H3. The first kappa shape index (κ1) is 22.3. The van der Waals surface area contributed by atoms with Gasteiger partial charge in [0.15, 0.2) is 0 Å². The zero-order valence-corrected chi connectivity index (χ0v) is 18.1. The summed E-state index contributed by atoms with van der Waals surface area (Å²) >= 11 is 0. The second-order valence-electron chi connectivity index (χ2n) is 8.58. The van der Waals surface area contributed by atoms with Gasteiger partial charge in [-0.1, -0.05) is 30.3 Å². The summed E-state index contributed by atoms with van der Waals surface area (Å²) in [5.74, 6) is 0.868. The number of ether oxygens (including phenoxy) is 1. The third-order valence-corrected chi connectivity index (χ3v) is 5.39. The Hall–Kier alpha value is -2.41. The van der Waals surface area contributed by atoms with Crippen LogP contribution in [0.25, 0.3) is 0 Å². The van der Waals surface area contributed by atoms with E-state index in [9.17, 15) is 9.90 Å². The minimum Gasteiger partial charge on any atom is -0.491 e. The lowest BCUT2D eigenvalue weighted by Crippen LogP contribution is -2.46. The average Bonchev–Trinajstić information content (AvgIpc) is 3.10. The van der Waals surface area contributed by atoms with Crippen LogP contribution in [-0.4, -0.2) is 48.5 Å². The van der Waals surface area contributed by atoms with Gasteiger partial charge in [-0.15, -0.1) is 0 Å². The van der Waals surface area contributed by atoms with Crippen molar-refractivity contribution in [2.24, 2.45) is 0 Å². The maximum Gasteiger partial charge on any atom is 0.242 e. The van der Waals surface area contributed by atoms with E-state index in [4.69, 9.17) is 4.74 Å². The molecular weight excluding hydrogens is 378 g/mol. The largest absolute Gasteiger partial charge is 0.491 e. The highest BCUT2D eigenvalue weighted by Crippen LogP contribution is 2.23. The van der Waals surface area contributed by atoms with Crippen LogP contribution >= 0.6 is 0 Å². The molecular formula is C24H33N3O3. The van der Waals surface area contributed by atoms with Crippen LogP contribution in [0.5, 0.6) is 5.75 Å². The predicted octanol–water partition coefficient (Wildman–Crippen LogP) is 2.85. The zero-order chi connectivity index (χ0) is 21.6. The third-order valence-electron chi connectivity index (χ3n) is 5.39. The number of amides is 1. The van der Waals surface area contributed by atoms with Crippen LogP contribution < -0.4 is 20.3 Å². The Labute approximate surface area is 179 Å². The molecule has 3 rings (SSSR count). The zero-order valence-electron chi connectivity index (χ0n) is 18.1. The van der Waals surface area contributed by atoms with Crippen molar-refractivity contribution in [3.8, 4) is 5.75 Å². The lowest BCUT2D eigenvalue weighted by Gasteiger charge is -2.31. The number of rotatable bonds is 10. The fraction of sp³-hybridized carbons (Fsp3) is 0.458. The number of carbonyl (C=O) groups excluding carboxylic acids is 1. The van der Waals surface area contributed by atoms with Crippen molar-refractivity contribution in [1.82, 2.24) is 10.6 Å². The van der Waals surface area contributed by atoms with Crippen LogP contribution in [0.4, 0.5) is 5.69 Å². The molecule has 6 nitrogen and oxygen atoms in total. The Balaban J connectivity index is 1.45. The second kappa shape index (κ2) is 10.1. The van der Waals surface area contributed by atoms with E-state index in [0.29, 0.717) is 13.1 Å². The van der Waals surface area contributed by atoms with Gasteiger partial charge >= 0.3 is 0 Å². The summed E-state index contributed by atoms with van der Waals surface area (Å²) in [5.41, 5.74) is 1.87. The van der Waals surface area contributed by atoms with E-state index in [2.05, 4.69) is 24.5 Å². The molecule has 30 heavy (non-hydrogen) atoms. The van der Waals surface area contributed by atoms with Crippen LogP contribution in [0.15, 0.2) is 54.6 Å². The van der Waals surface area contributed by atoms with Gasteiger partial charge in [0, 0.05) is 17.8 Å². The molecule has 1 saturated heterocycles. The SMILES string of the molecule is Cc1cccc(OCC(O)CNC(C)(C)CCC2NCC(=O)N2c2ccccc2)c1. The van der Waals surface area contributed by atoms with Crippen molar-refractivity contribution in [3.63, 3.8) is 0 Å². The average molecular weight is 412 g/mol. The molecule has 2 atom stereocenters. The van der Waals surface area contributed by atoms with Crippen molar-refractivity contribution < 1.29 is 14.6 Å². The van der Waals surface area contributed by atoms with Crippen molar-refractivity contribution in [2.75, 3.05) is 24.6 Å². The predicted molar refractivity (Wildman–Crippen MR) is 120 cm³/mol. The number of carbonyl (C=O) groups is 1. The summed E-state index contributed by atoms with van der Waals surface area (Å²) in [4.78, 5) is 14.2. The molecule has 0 spiro atoms. The number of aliphatic hydroxyl groups excluding tert-OH is 1. The first-order chi connectivity index (χ1) is 14.3. The number of aliphatic hydroxyl groups is 1. The van der Waals surface area contributed by atoms with E-state index in [1.807, 2.05) is 66.4 Å². The lowest BCUT2D eigenvalue weighted by atomic mass is 9.96. The number of hydrogen-bond acceptors (Lipinski definition) is 5. The van der Waals surface area contributed by atoms with Gasteiger partial charge in [-0.3, -0.25) is 15.0 Å². The molecule has 6 heteroatoms. The fourth-order valence-electron chi connectivity index (χ4n) is 3.64. The number of β-amino-alcohol motifs (C(OH)–C–C–N with tert-alkyl or cyclic N) is 1. The third kappa shape index (κ3) is 6.29. The normalized spacial score (nSPS) is 17.9. The van der Waals surface area contributed by atoms with Gasteiger partial charge in [-0.2, -0.15) is 0 Å². The molecule has 1 aliphatic heterocycles. The maximum absolute atomic E-state index is 12.3. The van der Waals surface area contributed by atoms with Crippen LogP contribution in [0.1, 0.15) is 32.3 Å². The highest BCUT2D eigenvalue weighted by molar-refractivity contribution is 5.97. The van der Waals surface area contributed by atoms with Crippen molar-refractivity contribution in [1.29, 1.82) is 0 Å². The molecule has 0 bridgehead atoms. The van der Waals surface area contributed by atoms with Gasteiger partial charge in [-0.25, -0.2) is 0 Å². The molecule has 1 amide bonds. The first-order valence-corrected chi connectivity index (χ1v) is 10.6. The molecule has 1 aliphatic rings. The summed E-state index contributed by atoms with van der Waals surface area (Å²) in [6.45, 7) is 7.29. The summed E-state index contributed by atoms with van der Waals surface area (Å²) in [7, 11) is 0. The van der Waals surface area contributed by atoms with Crippen LogP contribution in [0.3, 0.4) is 0 Å². The molecule has 0 saturated carbocycles. The van der Waals surface area contributed by atoms with Crippen LogP contribution in [0.2, 0.25) is 0 Å². The first-order valence-electron chi connectivity index (χ1n) is 10.6. The van der Waals surface area contributed by atoms with E-state index in [1.165, 1.54) is 0 Å². The molecule has 1 heterocycles. The maximum atomic E-state index is 12.3. The number of nitrogens with zero attached hydrogens (tertiary/aromatic N) is 1. The summed E-state index contributed by atoms with van der Waals surface area (Å²) < 4.78 is 5.69. The van der Waals surface area contributed by atoms with Crippen molar-refractivity contribution in [3.05, 3.63) is 60.2 Å². The Morgan fingerprint density at radius 2 is 2.00 bits per heavy atom. The van der Waals surface area contributed by atoms with Gasteiger partial charge in [-0.05, 0) is 63.4 Å². The van der Waals surface area contributed by atoms with E-state index >= 15 is 0 Å². The minimum absolute atomic E-state index is 0.0180. The Morgan fingerprint density at radius 3 is 2.73 bits per heavy atom. The van der Waals surface area contributed by atoms with Gasteiger partial charge in [0.1, 0.15) is 18.5 Å². The minimum atomic E-state index is -0.600. The van der Waals surface area contributed by atoms with Crippen molar-refractivity contribution >= 4 is 11.6 Å². The van der Waals surface area contributed by atoms with Crippen LogP contribution in [0, 0.1) is 6.92 Å². The monoisotopic (exact) mass is 411 g/mol. The summed E-state index contributed by atoms with van der Waals surface area (Å²) in [5, 5.41) is 17.0. The Morgan fingerprint density at radius 1 is 1.23 bits per heavy atom. The number of para-hydroxylation sites is 1. The van der Waals surface area contributed by atoms with Gasteiger partial charge in [0.05, 0.1) is 12.7 Å². The summed E-state index contributed by atoms with van der Waals surface area (Å²) in [6, 6.07) is 17.6. The Kier molecular flexibility index (Phi) is 7.48. The van der Waals surface area contributed by atoms with Gasteiger partial charge in [0.25, 0.3) is 0 Å². The highest BCUT2D eigenvalue weighted by atomic mass is 16.5. The van der Waals surface area contributed by atoms with Gasteiger partial charge in [0.2, 0.25) is 5.91 Å². The molecule has 1 fully saturated rings. The Bertz CT molecular complexity index is 825. The number of hydrogen-bond donors (Lipinski definition) is 3. The fourth-order valence-corrected chi connectivity index (χ4v) is 3.64. The van der Waals surface area contributed by atoms with Gasteiger partial charge < -0.3 is 15.2 Å². The number of nitrogens with one attached hydrogen (secondary N) is 2. The van der Waals surface area contributed by atoms with Crippen LogP contribution in [-0.2, 0) is 4.79 Å². The lowest BCUT2D eigenvalue weighted by molar-refractivity contribution is -0.116. The smallest absolute Gasteiger partial charge is 0.242 e. The molecule has 0 aromatic heterocycles. The topological polar surface area (TPSA) is 73.8 Å². The molecule has 3 N–H and O–H groups in total. The van der Waals surface area contributed by atoms with E-state index < -0.39 is 6.10 Å². The number of benzene rings is 2. The molecule has 0 aliphatic carbocycles. The van der Waals surface area contributed by atoms with Crippen molar-refractivity contribution in [2.45, 2.75) is 51.4 Å². The van der Waals surface area contributed by atoms with E-state index in [1.54, 1.807) is 0 Å². The van der Waals surface area contributed by atoms with E-state index in [0.717, 1.165) is 29.8 Å². The molecule has 2 aromatic carbocycles. The number of anilines is 1. The van der Waals surface area contributed by atoms with E-state index in [-0.39, 0.29) is 24.2 Å². The second-order valence-corrected chi connectivity index (χ2v) is 8.58. The highest BCUT2D eigenvalue weighted by Gasteiger charge is 2.32. The quantitative estimate of drug-likeness (QED) is 0.561. The number of aryl methyl sites for hydroxylation is 1. The summed E-state index contributed by atoms with van der Waals surface area (Å²) in [6.07, 6.45) is 1.05. The molecule has 2 aromatic rings.